The van der Waals surface area contributed by atoms with Crippen LogP contribution in [0.15, 0.2) is 84.9 Å². The van der Waals surface area contributed by atoms with E-state index >= 15 is 0 Å². The van der Waals surface area contributed by atoms with E-state index in [9.17, 15) is 19.2 Å². The van der Waals surface area contributed by atoms with Crippen molar-refractivity contribution in [1.82, 2.24) is 0 Å². The van der Waals surface area contributed by atoms with Gasteiger partial charge in [0.2, 0.25) is 11.6 Å². The van der Waals surface area contributed by atoms with Crippen LogP contribution in [-0.4, -0.2) is 24.1 Å². The van der Waals surface area contributed by atoms with Crippen molar-refractivity contribution in [3.63, 3.8) is 0 Å². The molecule has 0 atom stereocenters. The molecule has 32 heavy (non-hydrogen) atoms. The summed E-state index contributed by atoms with van der Waals surface area (Å²) >= 11 is 0. The molecule has 5 rings (SSSR count). The Bertz CT molecular complexity index is 1300. The van der Waals surface area contributed by atoms with Crippen molar-refractivity contribution in [3.05, 3.63) is 107 Å². The van der Waals surface area contributed by atoms with Gasteiger partial charge in [0.1, 0.15) is 12.6 Å². The highest BCUT2D eigenvalue weighted by atomic mass is 16.2. The SMILES string of the molecule is O=Cc1ccc(-c2ccc3c(c2)-c2cc(-c4ccc(C=O)cc4)ccc2C(=O)C3=O)cc1. The van der Waals surface area contributed by atoms with Crippen LogP contribution in [0.1, 0.15) is 41.4 Å². The Morgan fingerprint density at radius 1 is 0.406 bits per heavy atom. The minimum absolute atomic E-state index is 0.379. The molecule has 152 valence electrons. The minimum Gasteiger partial charge on any atom is -0.298 e. The maximum atomic E-state index is 12.7. The molecule has 0 amide bonds. The molecule has 0 heterocycles. The van der Waals surface area contributed by atoms with E-state index in [2.05, 4.69) is 0 Å². The van der Waals surface area contributed by atoms with Crippen molar-refractivity contribution < 1.29 is 19.2 Å². The number of hydrogen-bond acceptors (Lipinski definition) is 4. The van der Waals surface area contributed by atoms with Crippen LogP contribution in [0, 0.1) is 0 Å². The molecule has 4 aromatic rings. The van der Waals surface area contributed by atoms with E-state index < -0.39 is 11.6 Å². The Morgan fingerprint density at radius 2 is 0.750 bits per heavy atom. The number of carbonyl (C=O) groups is 4. The maximum absolute atomic E-state index is 12.7. The fraction of sp³-hybridized carbons (Fsp3) is 0. The molecule has 1 aliphatic carbocycles. The van der Waals surface area contributed by atoms with Crippen molar-refractivity contribution in [2.75, 3.05) is 0 Å². The standard InChI is InChI=1S/C28H16O4/c29-15-17-1-5-19(6-2-17)21-9-11-23-25(13-21)26-14-22(10-12-24(26)28(32)27(23)31)20-7-3-18(16-30)4-8-20/h1-16H. The van der Waals surface area contributed by atoms with Crippen LogP contribution in [0.5, 0.6) is 0 Å². The zero-order chi connectivity index (χ0) is 22.2. The zero-order valence-corrected chi connectivity index (χ0v) is 16.9. The number of Topliss-reactive ketones (excluding diaryl/α,β-unsaturated/α-hetero) is 2. The first-order valence-electron chi connectivity index (χ1n) is 10.1. The van der Waals surface area contributed by atoms with Gasteiger partial charge in [-0.3, -0.25) is 19.2 Å². The average molecular weight is 416 g/mol. The average Bonchev–Trinajstić information content (AvgIpc) is 2.86. The summed E-state index contributed by atoms with van der Waals surface area (Å²) in [5, 5.41) is 0. The first kappa shape index (κ1) is 19.5. The van der Waals surface area contributed by atoms with Crippen LogP contribution in [-0.2, 0) is 0 Å². The number of rotatable bonds is 4. The van der Waals surface area contributed by atoms with Gasteiger partial charge in [0, 0.05) is 22.3 Å². The molecule has 0 N–H and O–H groups in total. The highest BCUT2D eigenvalue weighted by molar-refractivity contribution is 6.53. The van der Waals surface area contributed by atoms with Gasteiger partial charge in [0.15, 0.2) is 0 Å². The molecule has 0 spiro atoms. The fourth-order valence-electron chi connectivity index (χ4n) is 4.04. The molecule has 0 saturated carbocycles. The lowest BCUT2D eigenvalue weighted by atomic mass is 9.81. The smallest absolute Gasteiger partial charge is 0.234 e. The summed E-state index contributed by atoms with van der Waals surface area (Å²) in [6, 6.07) is 25.2. The van der Waals surface area contributed by atoms with Crippen LogP contribution in [0.25, 0.3) is 33.4 Å². The maximum Gasteiger partial charge on any atom is 0.234 e. The Kier molecular flexibility index (Phi) is 4.68. The summed E-state index contributed by atoms with van der Waals surface area (Å²) in [5.41, 5.74) is 6.92. The molecular formula is C28H16O4. The lowest BCUT2D eigenvalue weighted by Crippen LogP contribution is -2.21. The zero-order valence-electron chi connectivity index (χ0n) is 16.9. The van der Waals surface area contributed by atoms with E-state index in [0.29, 0.717) is 33.4 Å². The molecule has 1 aliphatic rings. The highest BCUT2D eigenvalue weighted by Crippen LogP contribution is 2.38. The molecule has 0 unspecified atom stereocenters. The molecule has 0 saturated heterocycles. The van der Waals surface area contributed by atoms with Crippen LogP contribution in [0.4, 0.5) is 0 Å². The van der Waals surface area contributed by atoms with E-state index in [-0.39, 0.29) is 0 Å². The fourth-order valence-corrected chi connectivity index (χ4v) is 4.04. The summed E-state index contributed by atoms with van der Waals surface area (Å²) < 4.78 is 0. The van der Waals surface area contributed by atoms with Gasteiger partial charge < -0.3 is 0 Å². The van der Waals surface area contributed by atoms with Crippen LogP contribution in [0.2, 0.25) is 0 Å². The van der Waals surface area contributed by atoms with Gasteiger partial charge in [-0.1, -0.05) is 60.7 Å². The van der Waals surface area contributed by atoms with Crippen molar-refractivity contribution in [3.8, 4) is 33.4 Å². The van der Waals surface area contributed by atoms with Gasteiger partial charge in [0.05, 0.1) is 0 Å². The summed E-state index contributed by atoms with van der Waals surface area (Å²) in [6.07, 6.45) is 1.58. The minimum atomic E-state index is -0.515. The number of hydrogen-bond donors (Lipinski definition) is 0. The Labute approximate surface area is 184 Å². The predicted octanol–water partition coefficient (Wildman–Crippen LogP) is 5.69. The number of aldehydes is 2. The van der Waals surface area contributed by atoms with Crippen LogP contribution >= 0.6 is 0 Å². The second-order valence-corrected chi connectivity index (χ2v) is 7.66. The predicted molar refractivity (Wildman–Crippen MR) is 122 cm³/mol. The summed E-state index contributed by atoms with van der Waals surface area (Å²) in [4.78, 5) is 47.3. The van der Waals surface area contributed by atoms with Gasteiger partial charge in [-0.25, -0.2) is 0 Å². The molecule has 0 aromatic heterocycles. The van der Waals surface area contributed by atoms with E-state index in [1.165, 1.54) is 0 Å². The second-order valence-electron chi connectivity index (χ2n) is 7.66. The van der Waals surface area contributed by atoms with Crippen molar-refractivity contribution in [2.45, 2.75) is 0 Å². The first-order chi connectivity index (χ1) is 15.6. The monoisotopic (exact) mass is 416 g/mol. The summed E-state index contributed by atoms with van der Waals surface area (Å²) in [6.45, 7) is 0. The molecule has 4 nitrogen and oxygen atoms in total. The molecule has 0 bridgehead atoms. The summed E-state index contributed by atoms with van der Waals surface area (Å²) in [7, 11) is 0. The third-order valence-electron chi connectivity index (χ3n) is 5.78. The lowest BCUT2D eigenvalue weighted by molar-refractivity contribution is 0.0815. The van der Waals surface area contributed by atoms with Crippen molar-refractivity contribution >= 4 is 24.1 Å². The van der Waals surface area contributed by atoms with Gasteiger partial charge in [-0.05, 0) is 57.6 Å². The van der Waals surface area contributed by atoms with Crippen molar-refractivity contribution in [1.29, 1.82) is 0 Å². The van der Waals surface area contributed by atoms with E-state index in [0.717, 1.165) is 34.8 Å². The molecule has 4 aromatic carbocycles. The number of ketones is 2. The third-order valence-corrected chi connectivity index (χ3v) is 5.78. The van der Waals surface area contributed by atoms with E-state index in [4.69, 9.17) is 0 Å². The first-order valence-corrected chi connectivity index (χ1v) is 10.1. The lowest BCUT2D eigenvalue weighted by Gasteiger charge is -2.20. The van der Waals surface area contributed by atoms with E-state index in [1.54, 1.807) is 36.4 Å². The van der Waals surface area contributed by atoms with Gasteiger partial charge in [-0.2, -0.15) is 0 Å². The number of carbonyl (C=O) groups excluding carboxylic acids is 4. The van der Waals surface area contributed by atoms with Gasteiger partial charge >= 0.3 is 0 Å². The van der Waals surface area contributed by atoms with Crippen LogP contribution < -0.4 is 0 Å². The van der Waals surface area contributed by atoms with Crippen molar-refractivity contribution in [2.24, 2.45) is 0 Å². The molecule has 0 aliphatic heterocycles. The van der Waals surface area contributed by atoms with Crippen LogP contribution in [0.3, 0.4) is 0 Å². The van der Waals surface area contributed by atoms with E-state index in [1.807, 2.05) is 48.5 Å². The Hall–Kier alpha value is -4.44. The number of benzene rings is 4. The largest absolute Gasteiger partial charge is 0.298 e. The third kappa shape index (κ3) is 3.19. The number of fused-ring (bicyclic) bond motifs is 3. The molecule has 0 fully saturated rings. The second kappa shape index (κ2) is 7.67. The Balaban J connectivity index is 1.66. The quantitative estimate of drug-likeness (QED) is 0.316. The topological polar surface area (TPSA) is 68.3 Å². The molecular weight excluding hydrogens is 400 g/mol. The van der Waals surface area contributed by atoms with Gasteiger partial charge in [0.25, 0.3) is 0 Å². The normalized spacial score (nSPS) is 12.1. The Morgan fingerprint density at radius 3 is 1.09 bits per heavy atom. The van der Waals surface area contributed by atoms with Gasteiger partial charge in [-0.15, -0.1) is 0 Å². The summed E-state index contributed by atoms with van der Waals surface area (Å²) in [5.74, 6) is -1.03. The highest BCUT2D eigenvalue weighted by Gasteiger charge is 2.30. The molecule has 0 radical (unpaired) electrons. The molecule has 4 heteroatoms.